The maximum absolute atomic E-state index is 11.3. The van der Waals surface area contributed by atoms with Gasteiger partial charge < -0.3 is 14.7 Å². The second-order valence-electron chi connectivity index (χ2n) is 3.46. The minimum atomic E-state index is -0.637. The molecule has 4 nitrogen and oxygen atoms in total. The van der Waals surface area contributed by atoms with Gasteiger partial charge >= 0.3 is 0 Å². The topological polar surface area (TPSA) is 49.8 Å². The normalized spacial score (nSPS) is 19.8. The molecule has 0 atom stereocenters. The van der Waals surface area contributed by atoms with Gasteiger partial charge in [-0.05, 0) is 13.3 Å². The van der Waals surface area contributed by atoms with Crippen molar-refractivity contribution in [3.8, 4) is 0 Å². The van der Waals surface area contributed by atoms with Crippen LogP contribution in [0.25, 0.3) is 0 Å². The van der Waals surface area contributed by atoms with Gasteiger partial charge in [-0.15, -0.1) is 0 Å². The first-order valence-electron chi connectivity index (χ1n) is 4.69. The number of carbonyl (C=O) groups is 1. The van der Waals surface area contributed by atoms with Crippen LogP contribution in [0.4, 0.5) is 0 Å². The van der Waals surface area contributed by atoms with Crippen molar-refractivity contribution in [3.05, 3.63) is 0 Å². The minimum absolute atomic E-state index is 0.0278. The molecule has 0 unspecified atom stereocenters. The highest BCUT2D eigenvalue weighted by atomic mass is 16.5. The van der Waals surface area contributed by atoms with E-state index >= 15 is 0 Å². The molecule has 1 N–H and O–H groups in total. The van der Waals surface area contributed by atoms with Crippen molar-refractivity contribution in [3.63, 3.8) is 0 Å². The number of hydrogen-bond acceptors (Lipinski definition) is 3. The Balaban J connectivity index is 2.23. The van der Waals surface area contributed by atoms with Crippen LogP contribution in [0, 0.1) is 0 Å². The Morgan fingerprint density at radius 1 is 1.54 bits per heavy atom. The second kappa shape index (κ2) is 4.07. The fraction of sp³-hybridized carbons (Fsp3) is 0.889. The summed E-state index contributed by atoms with van der Waals surface area (Å²) >= 11 is 0. The fourth-order valence-electron chi connectivity index (χ4n) is 1.34. The molecule has 1 rings (SSSR count). The lowest BCUT2D eigenvalue weighted by atomic mass is 9.91. The Morgan fingerprint density at radius 2 is 2.15 bits per heavy atom. The van der Waals surface area contributed by atoms with Crippen LogP contribution in [0.2, 0.25) is 0 Å². The van der Waals surface area contributed by atoms with E-state index in [0.29, 0.717) is 26.1 Å². The number of carbonyl (C=O) groups excluding carboxylic acids is 1. The number of nitrogens with zero attached hydrogens (tertiary/aromatic N) is 1. The van der Waals surface area contributed by atoms with Crippen LogP contribution in [0.1, 0.15) is 20.3 Å². The molecule has 1 fully saturated rings. The predicted molar refractivity (Wildman–Crippen MR) is 48.3 cm³/mol. The van der Waals surface area contributed by atoms with Crippen LogP contribution in [0.15, 0.2) is 0 Å². The SMILES string of the molecule is CCOCC(=O)N1CC(O)(CC)C1. The highest BCUT2D eigenvalue weighted by Crippen LogP contribution is 2.23. The zero-order valence-electron chi connectivity index (χ0n) is 8.25. The van der Waals surface area contributed by atoms with Crippen molar-refractivity contribution in [2.75, 3.05) is 26.3 Å². The van der Waals surface area contributed by atoms with Gasteiger partial charge in [-0.25, -0.2) is 0 Å². The maximum atomic E-state index is 11.3. The molecule has 76 valence electrons. The molecule has 0 aliphatic carbocycles. The number of aliphatic hydroxyl groups is 1. The number of rotatable bonds is 4. The molecular weight excluding hydrogens is 170 g/mol. The zero-order chi connectivity index (χ0) is 9.90. The molecule has 0 bridgehead atoms. The van der Waals surface area contributed by atoms with E-state index in [4.69, 9.17) is 4.74 Å². The van der Waals surface area contributed by atoms with E-state index in [2.05, 4.69) is 0 Å². The van der Waals surface area contributed by atoms with Crippen molar-refractivity contribution in [1.82, 2.24) is 4.90 Å². The van der Waals surface area contributed by atoms with E-state index in [-0.39, 0.29) is 12.5 Å². The second-order valence-corrected chi connectivity index (χ2v) is 3.46. The maximum Gasteiger partial charge on any atom is 0.248 e. The van der Waals surface area contributed by atoms with Gasteiger partial charge in [-0.1, -0.05) is 6.92 Å². The van der Waals surface area contributed by atoms with Gasteiger partial charge in [0.1, 0.15) is 6.61 Å². The molecule has 0 aromatic heterocycles. The summed E-state index contributed by atoms with van der Waals surface area (Å²) in [6.07, 6.45) is 0.700. The van der Waals surface area contributed by atoms with Crippen LogP contribution in [0.5, 0.6) is 0 Å². The summed E-state index contributed by atoms with van der Waals surface area (Å²) in [5, 5.41) is 9.63. The van der Waals surface area contributed by atoms with Gasteiger partial charge in [0.05, 0.1) is 18.7 Å². The molecular formula is C9H17NO3. The van der Waals surface area contributed by atoms with E-state index in [1.165, 1.54) is 0 Å². The van der Waals surface area contributed by atoms with Crippen molar-refractivity contribution >= 4 is 5.91 Å². The summed E-state index contributed by atoms with van der Waals surface area (Å²) in [6.45, 7) is 5.37. The van der Waals surface area contributed by atoms with Crippen LogP contribution < -0.4 is 0 Å². The van der Waals surface area contributed by atoms with E-state index in [1.807, 2.05) is 13.8 Å². The highest BCUT2D eigenvalue weighted by Gasteiger charge is 2.41. The molecule has 1 aliphatic heterocycles. The summed E-state index contributed by atoms with van der Waals surface area (Å²) in [5.41, 5.74) is -0.637. The molecule has 13 heavy (non-hydrogen) atoms. The number of ether oxygens (including phenoxy) is 1. The van der Waals surface area contributed by atoms with Crippen molar-refractivity contribution in [2.45, 2.75) is 25.9 Å². The average molecular weight is 187 g/mol. The summed E-state index contributed by atoms with van der Waals surface area (Å²) in [6, 6.07) is 0. The Labute approximate surface area is 78.5 Å². The van der Waals surface area contributed by atoms with Gasteiger partial charge in [0.25, 0.3) is 0 Å². The molecule has 0 aromatic carbocycles. The van der Waals surface area contributed by atoms with E-state index < -0.39 is 5.60 Å². The third-order valence-corrected chi connectivity index (χ3v) is 2.41. The molecule has 0 spiro atoms. The third-order valence-electron chi connectivity index (χ3n) is 2.41. The number of β-amino-alcohol motifs (C(OH)–C–C–N with tert-alkyl or cyclic N) is 1. The molecule has 0 radical (unpaired) electrons. The molecule has 0 aromatic rings. The van der Waals surface area contributed by atoms with Gasteiger partial charge in [0.15, 0.2) is 0 Å². The van der Waals surface area contributed by atoms with Gasteiger partial charge in [-0.3, -0.25) is 4.79 Å². The Bertz CT molecular complexity index is 187. The largest absolute Gasteiger partial charge is 0.386 e. The number of likely N-dealkylation sites (tertiary alicyclic amines) is 1. The van der Waals surface area contributed by atoms with E-state index in [9.17, 15) is 9.90 Å². The summed E-state index contributed by atoms with van der Waals surface area (Å²) in [7, 11) is 0. The van der Waals surface area contributed by atoms with Crippen LogP contribution >= 0.6 is 0 Å². The van der Waals surface area contributed by atoms with Gasteiger partial charge in [-0.2, -0.15) is 0 Å². The highest BCUT2D eigenvalue weighted by molar-refractivity contribution is 5.78. The first kappa shape index (κ1) is 10.5. The van der Waals surface area contributed by atoms with Crippen molar-refractivity contribution in [1.29, 1.82) is 0 Å². The van der Waals surface area contributed by atoms with Gasteiger partial charge in [0, 0.05) is 6.61 Å². The third kappa shape index (κ3) is 2.42. The Morgan fingerprint density at radius 3 is 2.62 bits per heavy atom. The van der Waals surface area contributed by atoms with E-state index in [1.54, 1.807) is 4.90 Å². The molecule has 1 aliphatic rings. The lowest BCUT2D eigenvalue weighted by Crippen LogP contribution is -2.63. The van der Waals surface area contributed by atoms with Crippen molar-refractivity contribution < 1.29 is 14.6 Å². The fourth-order valence-corrected chi connectivity index (χ4v) is 1.34. The quantitative estimate of drug-likeness (QED) is 0.674. The van der Waals surface area contributed by atoms with Crippen LogP contribution in [-0.4, -0.2) is 47.8 Å². The molecule has 4 heteroatoms. The lowest BCUT2D eigenvalue weighted by Gasteiger charge is -2.46. The smallest absolute Gasteiger partial charge is 0.248 e. The summed E-state index contributed by atoms with van der Waals surface area (Å²) in [5.74, 6) is -0.0278. The van der Waals surface area contributed by atoms with Crippen LogP contribution in [0.3, 0.4) is 0 Å². The summed E-state index contributed by atoms with van der Waals surface area (Å²) in [4.78, 5) is 12.9. The van der Waals surface area contributed by atoms with Crippen LogP contribution in [-0.2, 0) is 9.53 Å². The first-order chi connectivity index (χ1) is 6.11. The zero-order valence-corrected chi connectivity index (χ0v) is 8.25. The summed E-state index contributed by atoms with van der Waals surface area (Å²) < 4.78 is 4.98. The first-order valence-corrected chi connectivity index (χ1v) is 4.69. The lowest BCUT2D eigenvalue weighted by molar-refractivity contribution is -0.160. The standard InChI is InChI=1S/C9H17NO3/c1-3-9(12)6-10(7-9)8(11)5-13-4-2/h12H,3-7H2,1-2H3. The molecule has 1 amide bonds. The Kier molecular flexibility index (Phi) is 3.27. The molecule has 0 saturated carbocycles. The minimum Gasteiger partial charge on any atom is -0.386 e. The van der Waals surface area contributed by atoms with Gasteiger partial charge in [0.2, 0.25) is 5.91 Å². The average Bonchev–Trinajstić information content (AvgIpc) is 2.09. The molecule has 1 heterocycles. The van der Waals surface area contributed by atoms with E-state index in [0.717, 1.165) is 0 Å². The molecule has 1 saturated heterocycles. The predicted octanol–water partition coefficient (Wildman–Crippen LogP) is 0.00620. The number of hydrogen-bond donors (Lipinski definition) is 1. The monoisotopic (exact) mass is 187 g/mol. The van der Waals surface area contributed by atoms with Crippen molar-refractivity contribution in [2.24, 2.45) is 0 Å². The number of amides is 1. The Hall–Kier alpha value is -0.610.